The molecule has 0 aliphatic rings. The molecule has 0 N–H and O–H groups in total. The van der Waals surface area contributed by atoms with Gasteiger partial charge in [-0.3, -0.25) is 4.79 Å². The second kappa shape index (κ2) is 6.52. The first kappa shape index (κ1) is 13.9. The van der Waals surface area contributed by atoms with E-state index in [1.807, 2.05) is 24.3 Å². The maximum absolute atomic E-state index is 11.5. The van der Waals surface area contributed by atoms with Gasteiger partial charge in [-0.05, 0) is 33.6 Å². The maximum Gasteiger partial charge on any atom is 0.160 e. The summed E-state index contributed by atoms with van der Waals surface area (Å²) in [6.07, 6.45) is 0. The van der Waals surface area contributed by atoms with Crippen LogP contribution in [0.3, 0.4) is 0 Å². The molecule has 0 saturated heterocycles. The van der Waals surface area contributed by atoms with E-state index in [-0.39, 0.29) is 5.78 Å². The van der Waals surface area contributed by atoms with Crippen molar-refractivity contribution < 1.29 is 4.79 Å². The zero-order chi connectivity index (χ0) is 12.8. The summed E-state index contributed by atoms with van der Waals surface area (Å²) < 4.78 is 0. The van der Waals surface area contributed by atoms with Crippen LogP contribution >= 0.6 is 0 Å². The van der Waals surface area contributed by atoms with E-state index < -0.39 is 0 Å². The topological polar surface area (TPSA) is 23.6 Å². The van der Waals surface area contributed by atoms with Gasteiger partial charge in [-0.1, -0.05) is 24.3 Å². The molecule has 1 rings (SSSR count). The molecule has 0 bridgehead atoms. The molecule has 0 saturated carbocycles. The fourth-order valence-corrected chi connectivity index (χ4v) is 1.74. The number of Topliss-reactive ketones (excluding diaryl/α,β-unsaturated/α-hetero) is 1. The highest BCUT2D eigenvalue weighted by molar-refractivity contribution is 5.95. The molecule has 0 aliphatic carbocycles. The smallest absolute Gasteiger partial charge is 0.160 e. The Kier molecular flexibility index (Phi) is 5.32. The molecule has 0 heterocycles. The molecule has 0 radical (unpaired) electrons. The average molecular weight is 234 g/mol. The van der Waals surface area contributed by atoms with Gasteiger partial charge in [0.05, 0.1) is 0 Å². The van der Waals surface area contributed by atoms with Gasteiger partial charge in [0.25, 0.3) is 0 Å². The largest absolute Gasteiger partial charge is 0.308 e. The van der Waals surface area contributed by atoms with E-state index >= 15 is 0 Å². The van der Waals surface area contributed by atoms with E-state index in [4.69, 9.17) is 0 Å². The van der Waals surface area contributed by atoms with Crippen molar-refractivity contribution in [1.29, 1.82) is 0 Å². The van der Waals surface area contributed by atoms with E-state index in [1.54, 1.807) is 6.92 Å². The van der Waals surface area contributed by atoms with Gasteiger partial charge >= 0.3 is 0 Å². The molecule has 0 aliphatic heterocycles. The van der Waals surface area contributed by atoms with Gasteiger partial charge in [0.1, 0.15) is 0 Å². The number of carbonyl (C=O) groups excluding carboxylic acids is 1. The van der Waals surface area contributed by atoms with Gasteiger partial charge in [0.15, 0.2) is 5.78 Å². The number of hydrogen-bond acceptors (Lipinski definition) is 3. The molecule has 17 heavy (non-hydrogen) atoms. The van der Waals surface area contributed by atoms with Crippen molar-refractivity contribution in [3.05, 3.63) is 35.4 Å². The lowest BCUT2D eigenvalue weighted by molar-refractivity contribution is 0.101. The molecule has 0 unspecified atom stereocenters. The lowest BCUT2D eigenvalue weighted by Crippen LogP contribution is -2.28. The second-order valence-corrected chi connectivity index (χ2v) is 4.75. The Labute approximate surface area is 104 Å². The highest BCUT2D eigenvalue weighted by Gasteiger charge is 2.08. The minimum atomic E-state index is 0.140. The molecule has 0 atom stereocenters. The van der Waals surface area contributed by atoms with Crippen molar-refractivity contribution in [1.82, 2.24) is 9.80 Å². The third kappa shape index (κ3) is 4.67. The number of rotatable bonds is 6. The van der Waals surface area contributed by atoms with Crippen LogP contribution in [-0.2, 0) is 6.54 Å². The monoisotopic (exact) mass is 234 g/mol. The molecule has 94 valence electrons. The van der Waals surface area contributed by atoms with Crippen LogP contribution in [0.5, 0.6) is 0 Å². The Hall–Kier alpha value is -1.19. The van der Waals surface area contributed by atoms with Gasteiger partial charge in [0.2, 0.25) is 0 Å². The lowest BCUT2D eigenvalue weighted by Gasteiger charge is -2.20. The Morgan fingerprint density at radius 3 is 2.35 bits per heavy atom. The quantitative estimate of drug-likeness (QED) is 0.702. The van der Waals surface area contributed by atoms with E-state index in [0.29, 0.717) is 0 Å². The highest BCUT2D eigenvalue weighted by Crippen LogP contribution is 2.11. The van der Waals surface area contributed by atoms with Crippen LogP contribution < -0.4 is 0 Å². The highest BCUT2D eigenvalue weighted by atomic mass is 16.1. The predicted molar refractivity (Wildman–Crippen MR) is 71.3 cm³/mol. The zero-order valence-electron chi connectivity index (χ0n) is 11.2. The lowest BCUT2D eigenvalue weighted by atomic mass is 10.0. The van der Waals surface area contributed by atoms with E-state index in [2.05, 4.69) is 30.9 Å². The molecular weight excluding hydrogens is 212 g/mol. The van der Waals surface area contributed by atoms with Gasteiger partial charge in [0, 0.05) is 25.2 Å². The minimum absolute atomic E-state index is 0.140. The number of likely N-dealkylation sites (N-methyl/N-ethyl adjacent to an activating group) is 2. The summed E-state index contributed by atoms with van der Waals surface area (Å²) in [7, 11) is 6.22. The molecule has 0 aromatic heterocycles. The summed E-state index contributed by atoms with van der Waals surface area (Å²) in [5, 5.41) is 0. The number of benzene rings is 1. The third-order valence-electron chi connectivity index (χ3n) is 2.77. The average Bonchev–Trinajstić information content (AvgIpc) is 2.27. The van der Waals surface area contributed by atoms with Gasteiger partial charge < -0.3 is 9.80 Å². The van der Waals surface area contributed by atoms with Crippen LogP contribution in [0.15, 0.2) is 24.3 Å². The van der Waals surface area contributed by atoms with Crippen LogP contribution in [0.2, 0.25) is 0 Å². The van der Waals surface area contributed by atoms with E-state index in [1.165, 1.54) is 0 Å². The fourth-order valence-electron chi connectivity index (χ4n) is 1.74. The Bertz CT molecular complexity index is 374. The molecule has 0 amide bonds. The maximum atomic E-state index is 11.5. The van der Waals surface area contributed by atoms with Crippen molar-refractivity contribution in [3.63, 3.8) is 0 Å². The van der Waals surface area contributed by atoms with Gasteiger partial charge in [-0.25, -0.2) is 0 Å². The molecular formula is C14H22N2O. The molecule has 1 aromatic carbocycles. The van der Waals surface area contributed by atoms with Crippen molar-refractivity contribution in [2.75, 3.05) is 34.2 Å². The molecule has 0 spiro atoms. The number of carbonyl (C=O) groups is 1. The van der Waals surface area contributed by atoms with Crippen molar-refractivity contribution in [2.45, 2.75) is 13.5 Å². The second-order valence-electron chi connectivity index (χ2n) is 4.75. The van der Waals surface area contributed by atoms with Crippen LogP contribution in [-0.4, -0.2) is 49.8 Å². The molecule has 3 heteroatoms. The number of nitrogens with zero attached hydrogens (tertiary/aromatic N) is 2. The summed E-state index contributed by atoms with van der Waals surface area (Å²) in [6.45, 7) is 4.47. The van der Waals surface area contributed by atoms with Crippen LogP contribution in [0.4, 0.5) is 0 Å². The molecule has 0 fully saturated rings. The summed E-state index contributed by atoms with van der Waals surface area (Å²) in [4.78, 5) is 15.9. The van der Waals surface area contributed by atoms with Crippen molar-refractivity contribution in [2.24, 2.45) is 0 Å². The van der Waals surface area contributed by atoms with E-state index in [0.717, 1.165) is 30.8 Å². The number of hydrogen-bond donors (Lipinski definition) is 0. The fraction of sp³-hybridized carbons (Fsp3) is 0.500. The predicted octanol–water partition coefficient (Wildman–Crippen LogP) is 1.88. The standard InChI is InChI=1S/C14H22N2O/c1-12(17)14-8-6-5-7-13(14)11-16(4)10-9-15(2)3/h5-8H,9-11H2,1-4H3. The summed E-state index contributed by atoms with van der Waals surface area (Å²) >= 11 is 0. The summed E-state index contributed by atoms with van der Waals surface area (Å²) in [6, 6.07) is 7.84. The molecule has 3 nitrogen and oxygen atoms in total. The van der Waals surface area contributed by atoms with Gasteiger partial charge in [-0.2, -0.15) is 0 Å². The zero-order valence-corrected chi connectivity index (χ0v) is 11.2. The normalized spacial score (nSPS) is 11.2. The summed E-state index contributed by atoms with van der Waals surface area (Å²) in [5.74, 6) is 0.140. The Balaban J connectivity index is 2.64. The Morgan fingerprint density at radius 2 is 1.76 bits per heavy atom. The van der Waals surface area contributed by atoms with E-state index in [9.17, 15) is 4.79 Å². The molecule has 1 aromatic rings. The first-order chi connectivity index (χ1) is 8.00. The number of ketones is 1. The SMILES string of the molecule is CC(=O)c1ccccc1CN(C)CCN(C)C. The van der Waals surface area contributed by atoms with Crippen molar-refractivity contribution >= 4 is 5.78 Å². The van der Waals surface area contributed by atoms with Crippen LogP contribution in [0, 0.1) is 0 Å². The Morgan fingerprint density at radius 1 is 1.12 bits per heavy atom. The van der Waals surface area contributed by atoms with Crippen LogP contribution in [0.1, 0.15) is 22.8 Å². The first-order valence-corrected chi connectivity index (χ1v) is 5.93. The third-order valence-corrected chi connectivity index (χ3v) is 2.77. The first-order valence-electron chi connectivity index (χ1n) is 5.93. The summed E-state index contributed by atoms with van der Waals surface area (Å²) in [5.41, 5.74) is 1.95. The van der Waals surface area contributed by atoms with Crippen molar-refractivity contribution in [3.8, 4) is 0 Å². The van der Waals surface area contributed by atoms with Crippen LogP contribution in [0.25, 0.3) is 0 Å². The minimum Gasteiger partial charge on any atom is -0.308 e. The van der Waals surface area contributed by atoms with Gasteiger partial charge in [-0.15, -0.1) is 0 Å².